The molecule has 0 radical (unpaired) electrons. The van der Waals surface area contributed by atoms with Crippen LogP contribution in [0.1, 0.15) is 32.3 Å². The van der Waals surface area contributed by atoms with Gasteiger partial charge in [0.1, 0.15) is 0 Å². The van der Waals surface area contributed by atoms with E-state index < -0.39 is 10.0 Å². The summed E-state index contributed by atoms with van der Waals surface area (Å²) in [6.45, 7) is 4.20. The molecule has 0 unspecified atom stereocenters. The minimum absolute atomic E-state index is 0.140. The van der Waals surface area contributed by atoms with Crippen LogP contribution in [0.3, 0.4) is 0 Å². The molecule has 0 saturated carbocycles. The van der Waals surface area contributed by atoms with Gasteiger partial charge in [0.2, 0.25) is 10.0 Å². The Bertz CT molecular complexity index is 1120. The first-order valence-corrected chi connectivity index (χ1v) is 11.4. The van der Waals surface area contributed by atoms with E-state index in [-0.39, 0.29) is 15.8 Å². The number of fused-ring (bicyclic) bond motifs is 1. The lowest BCUT2D eigenvalue weighted by atomic mass is 10.2. The molecule has 1 aromatic heterocycles. The molecule has 1 atom stereocenters. The van der Waals surface area contributed by atoms with Gasteiger partial charge in [0.15, 0.2) is 0 Å². The molecule has 0 aliphatic heterocycles. The average Bonchev–Trinajstić information content (AvgIpc) is 2.91. The molecular formula is C19H21ClN2O3S2. The summed E-state index contributed by atoms with van der Waals surface area (Å²) in [5.74, 6) is 0. The summed E-state index contributed by atoms with van der Waals surface area (Å²) in [5, 5.41) is 0.594. The highest BCUT2D eigenvalue weighted by Gasteiger charge is 2.19. The Kier molecular flexibility index (Phi) is 6.05. The Morgan fingerprint density at radius 1 is 1.22 bits per heavy atom. The van der Waals surface area contributed by atoms with E-state index in [4.69, 9.17) is 11.6 Å². The molecule has 0 spiro atoms. The second kappa shape index (κ2) is 8.14. The normalized spacial score (nSPS) is 13.1. The number of benzene rings is 2. The number of aromatic nitrogens is 1. The minimum Gasteiger partial charge on any atom is -0.294 e. The SMILES string of the molecule is CCC[C@@H](C)NS(=O)(=O)c1ccc2c(c1)sc(=O)n2Cc1ccccc1Cl. The van der Waals surface area contributed by atoms with E-state index in [1.54, 1.807) is 28.8 Å². The summed E-state index contributed by atoms with van der Waals surface area (Å²) in [4.78, 5) is 12.5. The van der Waals surface area contributed by atoms with Crippen molar-refractivity contribution >= 4 is 43.2 Å². The van der Waals surface area contributed by atoms with Crippen molar-refractivity contribution in [3.8, 4) is 0 Å². The number of rotatable bonds is 7. The first-order chi connectivity index (χ1) is 12.8. The van der Waals surface area contributed by atoms with Crippen LogP contribution in [0.5, 0.6) is 0 Å². The van der Waals surface area contributed by atoms with Crippen molar-refractivity contribution in [3.05, 3.63) is 62.7 Å². The maximum atomic E-state index is 12.6. The van der Waals surface area contributed by atoms with E-state index in [9.17, 15) is 13.2 Å². The smallest absolute Gasteiger partial charge is 0.294 e. The standard InChI is InChI=1S/C19H21ClN2O3S2/c1-3-6-13(2)21-27(24,25)15-9-10-17-18(11-15)26-19(23)22(17)12-14-7-4-5-8-16(14)20/h4-5,7-11,13,21H,3,6,12H2,1-2H3/t13-/m1/s1. The lowest BCUT2D eigenvalue weighted by Gasteiger charge is -2.13. The molecule has 8 heteroatoms. The number of nitrogens with zero attached hydrogens (tertiary/aromatic N) is 1. The fraction of sp³-hybridized carbons (Fsp3) is 0.316. The number of hydrogen-bond acceptors (Lipinski definition) is 4. The molecule has 144 valence electrons. The quantitative estimate of drug-likeness (QED) is 0.617. The van der Waals surface area contributed by atoms with Gasteiger partial charge in [-0.1, -0.05) is 54.5 Å². The molecule has 0 fully saturated rings. The van der Waals surface area contributed by atoms with Crippen LogP contribution in [-0.4, -0.2) is 19.0 Å². The molecule has 0 aliphatic rings. The predicted octanol–water partition coefficient (Wildman–Crippen LogP) is 4.23. The first kappa shape index (κ1) is 20.1. The van der Waals surface area contributed by atoms with Gasteiger partial charge in [0.25, 0.3) is 0 Å². The Hall–Kier alpha value is -1.67. The van der Waals surface area contributed by atoms with Crippen LogP contribution in [-0.2, 0) is 16.6 Å². The summed E-state index contributed by atoms with van der Waals surface area (Å²) >= 11 is 7.24. The highest BCUT2D eigenvalue weighted by molar-refractivity contribution is 7.89. The predicted molar refractivity (Wildman–Crippen MR) is 111 cm³/mol. The van der Waals surface area contributed by atoms with E-state index >= 15 is 0 Å². The van der Waals surface area contributed by atoms with Crippen molar-refractivity contribution in [2.24, 2.45) is 0 Å². The zero-order valence-corrected chi connectivity index (χ0v) is 17.5. The molecule has 1 N–H and O–H groups in total. The average molecular weight is 425 g/mol. The van der Waals surface area contributed by atoms with Gasteiger partial charge in [0, 0.05) is 11.1 Å². The van der Waals surface area contributed by atoms with Crippen molar-refractivity contribution in [3.63, 3.8) is 0 Å². The molecule has 27 heavy (non-hydrogen) atoms. The zero-order valence-electron chi connectivity index (χ0n) is 15.1. The third kappa shape index (κ3) is 4.43. The van der Waals surface area contributed by atoms with Crippen molar-refractivity contribution in [1.29, 1.82) is 0 Å². The zero-order chi connectivity index (χ0) is 19.6. The lowest BCUT2D eigenvalue weighted by Crippen LogP contribution is -2.32. The van der Waals surface area contributed by atoms with E-state index in [0.717, 1.165) is 29.7 Å². The number of thiazole rings is 1. The van der Waals surface area contributed by atoms with Crippen molar-refractivity contribution < 1.29 is 8.42 Å². The molecule has 2 aromatic carbocycles. The van der Waals surface area contributed by atoms with E-state index in [1.807, 2.05) is 32.0 Å². The van der Waals surface area contributed by atoms with Crippen LogP contribution in [0.25, 0.3) is 10.2 Å². The Balaban J connectivity index is 1.96. The van der Waals surface area contributed by atoms with E-state index in [0.29, 0.717) is 21.8 Å². The molecular weight excluding hydrogens is 404 g/mol. The largest absolute Gasteiger partial charge is 0.308 e. The van der Waals surface area contributed by atoms with Crippen LogP contribution in [0, 0.1) is 0 Å². The maximum Gasteiger partial charge on any atom is 0.308 e. The van der Waals surface area contributed by atoms with Crippen LogP contribution < -0.4 is 9.60 Å². The second-order valence-electron chi connectivity index (χ2n) is 6.49. The molecule has 3 aromatic rings. The highest BCUT2D eigenvalue weighted by Crippen LogP contribution is 2.24. The van der Waals surface area contributed by atoms with Crippen molar-refractivity contribution in [1.82, 2.24) is 9.29 Å². The first-order valence-electron chi connectivity index (χ1n) is 8.71. The van der Waals surface area contributed by atoms with Gasteiger partial charge in [0.05, 0.1) is 21.7 Å². The minimum atomic E-state index is -3.62. The highest BCUT2D eigenvalue weighted by atomic mass is 35.5. The molecule has 0 bridgehead atoms. The molecule has 3 rings (SSSR count). The summed E-state index contributed by atoms with van der Waals surface area (Å²) in [6.07, 6.45) is 1.66. The van der Waals surface area contributed by atoms with Crippen LogP contribution in [0.2, 0.25) is 5.02 Å². The Morgan fingerprint density at radius 2 is 1.96 bits per heavy atom. The second-order valence-corrected chi connectivity index (χ2v) is 9.60. The molecule has 0 amide bonds. The molecule has 1 heterocycles. The van der Waals surface area contributed by atoms with Crippen molar-refractivity contribution in [2.75, 3.05) is 0 Å². The topological polar surface area (TPSA) is 68.2 Å². The number of nitrogens with one attached hydrogen (secondary N) is 1. The van der Waals surface area contributed by atoms with Gasteiger partial charge >= 0.3 is 4.87 Å². The molecule has 0 saturated heterocycles. The summed E-state index contributed by atoms with van der Waals surface area (Å²) in [7, 11) is -3.62. The van der Waals surface area contributed by atoms with Gasteiger partial charge < -0.3 is 0 Å². The maximum absolute atomic E-state index is 12.6. The fourth-order valence-electron chi connectivity index (χ4n) is 2.99. The van der Waals surface area contributed by atoms with Crippen LogP contribution in [0.15, 0.2) is 52.2 Å². The van der Waals surface area contributed by atoms with E-state index in [1.165, 1.54) is 0 Å². The lowest BCUT2D eigenvalue weighted by molar-refractivity contribution is 0.544. The van der Waals surface area contributed by atoms with Gasteiger partial charge in [-0.25, -0.2) is 13.1 Å². The molecule has 5 nitrogen and oxygen atoms in total. The summed E-state index contributed by atoms with van der Waals surface area (Å²) < 4.78 is 30.1. The summed E-state index contributed by atoms with van der Waals surface area (Å²) in [6, 6.07) is 12.0. The van der Waals surface area contributed by atoms with Crippen LogP contribution >= 0.6 is 22.9 Å². The monoisotopic (exact) mass is 424 g/mol. The fourth-order valence-corrected chi connectivity index (χ4v) is 5.49. The number of sulfonamides is 1. The van der Waals surface area contributed by atoms with Crippen LogP contribution in [0.4, 0.5) is 0 Å². The Labute approximate surface area is 167 Å². The Morgan fingerprint density at radius 3 is 2.67 bits per heavy atom. The van der Waals surface area contributed by atoms with Gasteiger partial charge in [-0.2, -0.15) is 0 Å². The number of hydrogen-bond donors (Lipinski definition) is 1. The van der Waals surface area contributed by atoms with Crippen molar-refractivity contribution in [2.45, 2.75) is 44.2 Å². The number of halogens is 1. The summed E-state index contributed by atoms with van der Waals surface area (Å²) in [5.41, 5.74) is 1.54. The van der Waals surface area contributed by atoms with Gasteiger partial charge in [-0.05, 0) is 43.2 Å². The van der Waals surface area contributed by atoms with Gasteiger partial charge in [-0.3, -0.25) is 9.36 Å². The van der Waals surface area contributed by atoms with Gasteiger partial charge in [-0.15, -0.1) is 0 Å². The van der Waals surface area contributed by atoms with E-state index in [2.05, 4.69) is 4.72 Å². The third-order valence-electron chi connectivity index (χ3n) is 4.31. The third-order valence-corrected chi connectivity index (χ3v) is 7.21. The molecule has 0 aliphatic carbocycles.